The molecule has 2 heterocycles. The monoisotopic (exact) mass is 374 g/mol. The lowest BCUT2D eigenvalue weighted by molar-refractivity contribution is -0.675. The molecule has 4 nitrogen and oxygen atoms in total. The molecule has 2 N–H and O–H groups in total. The lowest BCUT2D eigenvalue weighted by Crippen LogP contribution is -2.84. The molecule has 1 aromatic rings. The maximum absolute atomic E-state index is 13.0. The number of fused-ring (bicyclic) bond motifs is 3. The van der Waals surface area contributed by atoms with E-state index in [2.05, 4.69) is 12.2 Å². The van der Waals surface area contributed by atoms with Crippen LogP contribution >= 0.6 is 0 Å². The van der Waals surface area contributed by atoms with Crippen LogP contribution in [-0.2, 0) is 20.8 Å². The number of carbonyl (C=O) groups excluding carboxylic acids is 1. The summed E-state index contributed by atoms with van der Waals surface area (Å²) >= 11 is 0. The van der Waals surface area contributed by atoms with E-state index in [4.69, 9.17) is 9.47 Å². The summed E-state index contributed by atoms with van der Waals surface area (Å²) in [5, 5.41) is 2.17. The number of hydrogen-bond acceptors (Lipinski definition) is 3. The van der Waals surface area contributed by atoms with Crippen LogP contribution < -0.4 is 5.32 Å². The van der Waals surface area contributed by atoms with Gasteiger partial charge >= 0.3 is 5.97 Å². The fourth-order valence-corrected chi connectivity index (χ4v) is 6.28. The van der Waals surface area contributed by atoms with Crippen molar-refractivity contribution in [1.29, 1.82) is 0 Å². The quantitative estimate of drug-likeness (QED) is 0.650. The van der Waals surface area contributed by atoms with E-state index in [1.165, 1.54) is 31.4 Å². The van der Waals surface area contributed by atoms with Crippen LogP contribution in [0.5, 0.6) is 0 Å². The summed E-state index contributed by atoms with van der Waals surface area (Å²) in [7, 11) is 0. The normalized spacial score (nSPS) is 42.5. The van der Waals surface area contributed by atoms with E-state index in [-0.39, 0.29) is 34.8 Å². The van der Waals surface area contributed by atoms with Gasteiger partial charge < -0.3 is 14.8 Å². The van der Waals surface area contributed by atoms with Gasteiger partial charge in [0.1, 0.15) is 24.4 Å². The molecule has 5 heteroatoms. The third-order valence-corrected chi connectivity index (χ3v) is 7.79. The van der Waals surface area contributed by atoms with Gasteiger partial charge in [-0.2, -0.15) is 0 Å². The van der Waals surface area contributed by atoms with Crippen molar-refractivity contribution in [2.24, 2.45) is 23.2 Å². The Morgan fingerprint density at radius 1 is 1.26 bits per heavy atom. The van der Waals surface area contributed by atoms with Crippen molar-refractivity contribution in [2.75, 3.05) is 13.2 Å². The Hall–Kier alpha value is -1.46. The first-order chi connectivity index (χ1) is 13.0. The Kier molecular flexibility index (Phi) is 4.10. The van der Waals surface area contributed by atoms with Gasteiger partial charge in [-0.05, 0) is 55.6 Å². The maximum Gasteiger partial charge on any atom is 0.315 e. The number of carbonyl (C=O) groups is 1. The Balaban J connectivity index is 1.26. The molecule has 27 heavy (non-hydrogen) atoms. The second kappa shape index (κ2) is 6.28. The summed E-state index contributed by atoms with van der Waals surface area (Å²) in [6, 6.07) is 6.60. The second-order valence-corrected chi connectivity index (χ2v) is 9.45. The predicted molar refractivity (Wildman–Crippen MR) is 97.1 cm³/mol. The summed E-state index contributed by atoms with van der Waals surface area (Å²) in [6.07, 6.45) is 5.77. The summed E-state index contributed by atoms with van der Waals surface area (Å²) in [6.45, 7) is 4.80. The van der Waals surface area contributed by atoms with Crippen molar-refractivity contribution >= 4 is 5.97 Å². The summed E-state index contributed by atoms with van der Waals surface area (Å²) in [5.41, 5.74) is 1.43. The molecule has 2 aliphatic carbocycles. The molecule has 0 amide bonds. The van der Waals surface area contributed by atoms with Gasteiger partial charge in [0.25, 0.3) is 0 Å². The molecular formula is C22H29FNO3+. The minimum Gasteiger partial charge on any atom is -0.462 e. The summed E-state index contributed by atoms with van der Waals surface area (Å²) in [5.74, 6) is 0.620. The molecule has 4 aliphatic rings. The average Bonchev–Trinajstić information content (AvgIpc) is 3.33. The minimum atomic E-state index is -0.213. The van der Waals surface area contributed by atoms with Crippen LogP contribution in [0.25, 0.3) is 0 Å². The van der Waals surface area contributed by atoms with Crippen LogP contribution in [0.3, 0.4) is 0 Å². The van der Waals surface area contributed by atoms with E-state index < -0.39 is 0 Å². The van der Waals surface area contributed by atoms with Crippen LogP contribution in [0.1, 0.15) is 44.6 Å². The molecule has 5 rings (SSSR count). The predicted octanol–water partition coefficient (Wildman–Crippen LogP) is 2.42. The van der Waals surface area contributed by atoms with Gasteiger partial charge in [0, 0.05) is 11.5 Å². The van der Waals surface area contributed by atoms with Crippen molar-refractivity contribution in [2.45, 2.75) is 57.3 Å². The zero-order valence-corrected chi connectivity index (χ0v) is 16.0. The van der Waals surface area contributed by atoms with Crippen LogP contribution in [0.2, 0.25) is 0 Å². The third-order valence-electron chi connectivity index (χ3n) is 7.79. The fourth-order valence-electron chi connectivity index (χ4n) is 6.28. The van der Waals surface area contributed by atoms with Gasteiger partial charge in [-0.3, -0.25) is 4.79 Å². The van der Waals surface area contributed by atoms with E-state index in [0.29, 0.717) is 11.8 Å². The first kappa shape index (κ1) is 17.6. The highest BCUT2D eigenvalue weighted by Gasteiger charge is 2.65. The van der Waals surface area contributed by atoms with Gasteiger partial charge in [-0.25, -0.2) is 4.39 Å². The molecule has 2 aliphatic heterocycles. The van der Waals surface area contributed by atoms with E-state index in [0.717, 1.165) is 38.1 Å². The number of ether oxygens (including phenoxy) is 2. The Morgan fingerprint density at radius 3 is 2.78 bits per heavy atom. The molecule has 4 fully saturated rings. The smallest absolute Gasteiger partial charge is 0.315 e. The van der Waals surface area contributed by atoms with Crippen LogP contribution in [0, 0.1) is 29.0 Å². The van der Waals surface area contributed by atoms with E-state index in [9.17, 15) is 9.18 Å². The molecule has 2 saturated heterocycles. The highest BCUT2D eigenvalue weighted by atomic mass is 19.1. The topological polar surface area (TPSA) is 55.4 Å². The van der Waals surface area contributed by atoms with Crippen molar-refractivity contribution in [1.82, 2.24) is 0 Å². The highest BCUT2D eigenvalue weighted by Crippen LogP contribution is 2.62. The van der Waals surface area contributed by atoms with Gasteiger partial charge in [-0.1, -0.05) is 19.1 Å². The zero-order valence-electron chi connectivity index (χ0n) is 16.0. The summed E-state index contributed by atoms with van der Waals surface area (Å²) < 4.78 is 24.9. The van der Waals surface area contributed by atoms with Crippen LogP contribution in [-0.4, -0.2) is 30.8 Å². The number of rotatable bonds is 4. The number of hydrogen-bond donors (Lipinski definition) is 1. The molecule has 0 bridgehead atoms. The van der Waals surface area contributed by atoms with E-state index in [1.807, 2.05) is 12.1 Å². The number of halogens is 1. The number of benzene rings is 1. The number of esters is 1. The SMILES string of the molecule is C[C@]12CCC[C@@]3(CO3)[C@@H]1C[C@H]1[C@@H](C2)OC(=O)[C@@H]1C[NH2+]Cc1ccc(F)cc1. The Labute approximate surface area is 159 Å². The Morgan fingerprint density at radius 2 is 2.04 bits per heavy atom. The third kappa shape index (κ3) is 2.99. The van der Waals surface area contributed by atoms with Gasteiger partial charge in [-0.15, -0.1) is 0 Å². The van der Waals surface area contributed by atoms with Crippen LogP contribution in [0.4, 0.5) is 4.39 Å². The van der Waals surface area contributed by atoms with Crippen molar-refractivity contribution < 1.29 is 24.0 Å². The maximum atomic E-state index is 13.0. The lowest BCUT2D eigenvalue weighted by atomic mass is 9.53. The molecule has 0 aromatic heterocycles. The molecule has 6 atom stereocenters. The highest BCUT2D eigenvalue weighted by molar-refractivity contribution is 5.75. The van der Waals surface area contributed by atoms with Gasteiger partial charge in [0.2, 0.25) is 0 Å². The molecule has 1 aromatic carbocycles. The largest absolute Gasteiger partial charge is 0.462 e. The molecule has 2 saturated carbocycles. The molecule has 1 spiro atoms. The number of quaternary nitrogens is 1. The van der Waals surface area contributed by atoms with E-state index >= 15 is 0 Å². The van der Waals surface area contributed by atoms with Crippen LogP contribution in [0.15, 0.2) is 24.3 Å². The van der Waals surface area contributed by atoms with Crippen molar-refractivity contribution in [3.8, 4) is 0 Å². The van der Waals surface area contributed by atoms with Gasteiger partial charge in [0.15, 0.2) is 0 Å². The Bertz CT molecular complexity index is 732. The van der Waals surface area contributed by atoms with Crippen molar-refractivity contribution in [3.63, 3.8) is 0 Å². The molecule has 0 unspecified atom stereocenters. The average molecular weight is 374 g/mol. The first-order valence-corrected chi connectivity index (χ1v) is 10.4. The number of nitrogens with two attached hydrogens (primary N) is 1. The number of epoxide rings is 1. The van der Waals surface area contributed by atoms with Gasteiger partial charge in [0.05, 0.1) is 18.8 Å². The zero-order chi connectivity index (χ0) is 18.6. The standard InChI is InChI=1S/C22H28FNO3/c1-21-7-2-8-22(13-26-22)19(21)9-16-17(20(25)27-18(16)10-21)12-24-11-14-3-5-15(23)6-4-14/h3-6,16-19,24H,2,7-13H2,1H3/p+1/t16-,17-,18-,19-,21-,22-/m1/s1. The summed E-state index contributed by atoms with van der Waals surface area (Å²) in [4.78, 5) is 12.6. The molecule has 0 radical (unpaired) electrons. The second-order valence-electron chi connectivity index (χ2n) is 9.45. The first-order valence-electron chi connectivity index (χ1n) is 10.4. The van der Waals surface area contributed by atoms with E-state index in [1.54, 1.807) is 0 Å². The lowest BCUT2D eigenvalue weighted by Gasteiger charge is -2.51. The fraction of sp³-hybridized carbons (Fsp3) is 0.682. The minimum absolute atomic E-state index is 0.0200. The molecular weight excluding hydrogens is 345 g/mol. The molecule has 146 valence electrons. The van der Waals surface area contributed by atoms with Crippen molar-refractivity contribution in [3.05, 3.63) is 35.6 Å².